The van der Waals surface area contributed by atoms with Gasteiger partial charge in [-0.1, -0.05) is 12.1 Å². The molecule has 2 nitrogen and oxygen atoms in total. The van der Waals surface area contributed by atoms with Crippen molar-refractivity contribution in [1.82, 2.24) is 4.98 Å². The summed E-state index contributed by atoms with van der Waals surface area (Å²) in [5.41, 5.74) is 1.56. The van der Waals surface area contributed by atoms with Crippen molar-refractivity contribution in [2.24, 2.45) is 0 Å². The fraction of sp³-hybridized carbons (Fsp3) is 0.222. The van der Waals surface area contributed by atoms with Crippen molar-refractivity contribution >= 4 is 0 Å². The van der Waals surface area contributed by atoms with E-state index >= 15 is 0 Å². The third-order valence-electron chi connectivity index (χ3n) is 1.44. The highest BCUT2D eigenvalue weighted by molar-refractivity contribution is 5.14. The molecular weight excluding hydrogens is 138 g/mol. The summed E-state index contributed by atoms with van der Waals surface area (Å²) in [5, 5.41) is 9.27. The Morgan fingerprint density at radius 3 is 2.91 bits per heavy atom. The number of aliphatic hydroxyl groups excluding tert-OH is 1. The number of aryl methyl sites for hydroxylation is 1. The molecule has 1 aromatic heterocycles. The number of nitrogens with zero attached hydrogens (tertiary/aromatic N) is 1. The Balaban J connectivity index is 2.95. The maximum absolute atomic E-state index is 9.27. The summed E-state index contributed by atoms with van der Waals surface area (Å²) in [6.45, 7) is 5.36. The molecule has 2 heteroatoms. The van der Waals surface area contributed by atoms with E-state index in [1.54, 1.807) is 6.07 Å². The van der Waals surface area contributed by atoms with Crippen molar-refractivity contribution in [3.05, 3.63) is 42.2 Å². The standard InChI is InChI=1S/C9H11NO/c1-3-9(11)8-6-4-5-7(2)10-8/h3-6,9,11H,1H2,2H3. The van der Waals surface area contributed by atoms with Crippen molar-refractivity contribution in [3.8, 4) is 0 Å². The first kappa shape index (κ1) is 7.95. The molecule has 0 saturated carbocycles. The Kier molecular flexibility index (Phi) is 2.39. The molecule has 0 aliphatic heterocycles. The number of hydrogen-bond acceptors (Lipinski definition) is 2. The van der Waals surface area contributed by atoms with Crippen LogP contribution in [0.3, 0.4) is 0 Å². The van der Waals surface area contributed by atoms with Crippen molar-refractivity contribution in [2.75, 3.05) is 0 Å². The van der Waals surface area contributed by atoms with Crippen LogP contribution in [-0.4, -0.2) is 10.1 Å². The fourth-order valence-electron chi connectivity index (χ4n) is 0.850. The molecule has 1 N–H and O–H groups in total. The highest BCUT2D eigenvalue weighted by Gasteiger charge is 2.02. The van der Waals surface area contributed by atoms with E-state index < -0.39 is 6.10 Å². The van der Waals surface area contributed by atoms with Crippen LogP contribution in [0.2, 0.25) is 0 Å². The summed E-state index contributed by atoms with van der Waals surface area (Å²) in [5.74, 6) is 0. The maximum atomic E-state index is 9.27. The topological polar surface area (TPSA) is 33.1 Å². The lowest BCUT2D eigenvalue weighted by Gasteiger charge is -2.03. The van der Waals surface area contributed by atoms with E-state index in [1.807, 2.05) is 19.1 Å². The van der Waals surface area contributed by atoms with E-state index in [2.05, 4.69) is 11.6 Å². The van der Waals surface area contributed by atoms with Gasteiger partial charge in [-0.2, -0.15) is 0 Å². The van der Waals surface area contributed by atoms with E-state index in [0.717, 1.165) is 5.69 Å². The van der Waals surface area contributed by atoms with Gasteiger partial charge in [-0.3, -0.25) is 4.98 Å². The van der Waals surface area contributed by atoms with Gasteiger partial charge in [-0.15, -0.1) is 6.58 Å². The number of aromatic nitrogens is 1. The van der Waals surface area contributed by atoms with Crippen molar-refractivity contribution in [3.63, 3.8) is 0 Å². The molecule has 1 aromatic rings. The molecule has 1 atom stereocenters. The van der Waals surface area contributed by atoms with Crippen LogP contribution < -0.4 is 0 Å². The molecule has 0 aliphatic carbocycles. The van der Waals surface area contributed by atoms with Gasteiger partial charge in [-0.25, -0.2) is 0 Å². The smallest absolute Gasteiger partial charge is 0.114 e. The Labute approximate surface area is 66.2 Å². The minimum absolute atomic E-state index is 0.644. The lowest BCUT2D eigenvalue weighted by atomic mass is 10.2. The van der Waals surface area contributed by atoms with Crippen molar-refractivity contribution in [2.45, 2.75) is 13.0 Å². The third-order valence-corrected chi connectivity index (χ3v) is 1.44. The number of hydrogen-bond donors (Lipinski definition) is 1. The fourth-order valence-corrected chi connectivity index (χ4v) is 0.850. The molecule has 0 amide bonds. The van der Waals surface area contributed by atoms with Crippen molar-refractivity contribution in [1.29, 1.82) is 0 Å². The molecule has 11 heavy (non-hydrogen) atoms. The van der Waals surface area contributed by atoms with Crippen LogP contribution in [0, 0.1) is 6.92 Å². The normalized spacial score (nSPS) is 12.5. The number of pyridine rings is 1. The molecule has 58 valence electrons. The Bertz CT molecular complexity index is 257. The van der Waals surface area contributed by atoms with Gasteiger partial charge in [0, 0.05) is 5.69 Å². The largest absolute Gasteiger partial charge is 0.383 e. The molecule has 0 bridgehead atoms. The van der Waals surface area contributed by atoms with E-state index in [0.29, 0.717) is 5.69 Å². The van der Waals surface area contributed by atoms with Gasteiger partial charge < -0.3 is 5.11 Å². The molecule has 1 rings (SSSR count). The van der Waals surface area contributed by atoms with Crippen LogP contribution in [0.5, 0.6) is 0 Å². The molecule has 1 unspecified atom stereocenters. The van der Waals surface area contributed by atoms with Crippen LogP contribution >= 0.6 is 0 Å². The molecule has 0 aliphatic rings. The van der Waals surface area contributed by atoms with E-state index in [4.69, 9.17) is 0 Å². The molecular formula is C9H11NO. The monoisotopic (exact) mass is 149 g/mol. The first-order valence-corrected chi connectivity index (χ1v) is 3.48. The third kappa shape index (κ3) is 1.88. The van der Waals surface area contributed by atoms with Gasteiger partial charge >= 0.3 is 0 Å². The lowest BCUT2D eigenvalue weighted by molar-refractivity contribution is 0.224. The second-order valence-electron chi connectivity index (χ2n) is 2.38. The Hall–Kier alpha value is -1.15. The second kappa shape index (κ2) is 3.30. The van der Waals surface area contributed by atoms with Crippen LogP contribution in [0.15, 0.2) is 30.9 Å². The molecule has 0 fully saturated rings. The predicted octanol–water partition coefficient (Wildman–Crippen LogP) is 1.61. The van der Waals surface area contributed by atoms with E-state index in [9.17, 15) is 5.11 Å². The van der Waals surface area contributed by atoms with Crippen LogP contribution in [0.4, 0.5) is 0 Å². The zero-order valence-corrected chi connectivity index (χ0v) is 6.49. The predicted molar refractivity (Wildman–Crippen MR) is 44.1 cm³/mol. The summed E-state index contributed by atoms with van der Waals surface area (Å²) in [4.78, 5) is 4.12. The second-order valence-corrected chi connectivity index (χ2v) is 2.38. The first-order valence-electron chi connectivity index (χ1n) is 3.48. The van der Waals surface area contributed by atoms with Gasteiger partial charge in [0.2, 0.25) is 0 Å². The first-order chi connectivity index (χ1) is 5.24. The summed E-state index contributed by atoms with van der Waals surface area (Å²) < 4.78 is 0. The van der Waals surface area contributed by atoms with Gasteiger partial charge in [0.15, 0.2) is 0 Å². The quantitative estimate of drug-likeness (QED) is 0.648. The average molecular weight is 149 g/mol. The highest BCUT2D eigenvalue weighted by Crippen LogP contribution is 2.10. The molecule has 0 aromatic carbocycles. The molecule has 0 radical (unpaired) electrons. The van der Waals surface area contributed by atoms with Crippen molar-refractivity contribution < 1.29 is 5.11 Å². The number of rotatable bonds is 2. The summed E-state index contributed by atoms with van der Waals surface area (Å²) in [6.07, 6.45) is 0.816. The van der Waals surface area contributed by atoms with Gasteiger partial charge in [0.25, 0.3) is 0 Å². The highest BCUT2D eigenvalue weighted by atomic mass is 16.3. The van der Waals surface area contributed by atoms with Gasteiger partial charge in [0.05, 0.1) is 5.69 Å². The molecule has 0 spiro atoms. The summed E-state index contributed by atoms with van der Waals surface area (Å²) in [6, 6.07) is 5.53. The van der Waals surface area contributed by atoms with E-state index in [-0.39, 0.29) is 0 Å². The van der Waals surface area contributed by atoms with Crippen LogP contribution in [-0.2, 0) is 0 Å². The Morgan fingerprint density at radius 1 is 1.64 bits per heavy atom. The summed E-state index contributed by atoms with van der Waals surface area (Å²) >= 11 is 0. The average Bonchev–Trinajstić information content (AvgIpc) is 2.03. The summed E-state index contributed by atoms with van der Waals surface area (Å²) in [7, 11) is 0. The minimum Gasteiger partial charge on any atom is -0.383 e. The zero-order chi connectivity index (χ0) is 8.27. The Morgan fingerprint density at radius 2 is 2.36 bits per heavy atom. The maximum Gasteiger partial charge on any atom is 0.114 e. The zero-order valence-electron chi connectivity index (χ0n) is 6.49. The minimum atomic E-state index is -0.644. The van der Waals surface area contributed by atoms with Gasteiger partial charge in [0.1, 0.15) is 6.10 Å². The molecule has 0 saturated heterocycles. The van der Waals surface area contributed by atoms with Gasteiger partial charge in [-0.05, 0) is 19.1 Å². The van der Waals surface area contributed by atoms with Crippen LogP contribution in [0.25, 0.3) is 0 Å². The molecule has 1 heterocycles. The SMILES string of the molecule is C=CC(O)c1cccc(C)n1. The van der Waals surface area contributed by atoms with Crippen LogP contribution in [0.1, 0.15) is 17.5 Å². The number of aliphatic hydroxyl groups is 1. The van der Waals surface area contributed by atoms with E-state index in [1.165, 1.54) is 6.08 Å². The lowest BCUT2D eigenvalue weighted by Crippen LogP contribution is -1.96.